The minimum Gasteiger partial charge on any atom is -0.496 e. The Labute approximate surface area is 334 Å². The zero-order chi connectivity index (χ0) is 40.5. The predicted octanol–water partition coefficient (Wildman–Crippen LogP) is 2.85. The summed E-state index contributed by atoms with van der Waals surface area (Å²) in [6, 6.07) is 9.71. The van der Waals surface area contributed by atoms with Gasteiger partial charge in [0.05, 0.1) is 56.4 Å². The molecule has 6 heterocycles. The monoisotopic (exact) mass is 792 g/mol. The summed E-state index contributed by atoms with van der Waals surface area (Å²) in [5.41, 5.74) is 5.50. The molecule has 17 heteroatoms. The summed E-state index contributed by atoms with van der Waals surface area (Å²) < 4.78 is 25.3. The van der Waals surface area contributed by atoms with Crippen LogP contribution in [0.3, 0.4) is 0 Å². The molecular weight excluding hydrogens is 748 g/mol. The molecule has 4 aromatic rings. The molecule has 17 nitrogen and oxygen atoms in total. The lowest BCUT2D eigenvalue weighted by Gasteiger charge is -2.33. The van der Waals surface area contributed by atoms with Crippen LogP contribution in [0.15, 0.2) is 61.2 Å². The van der Waals surface area contributed by atoms with Crippen molar-refractivity contribution in [1.29, 1.82) is 0 Å². The van der Waals surface area contributed by atoms with Gasteiger partial charge in [-0.3, -0.25) is 39.3 Å². The summed E-state index contributed by atoms with van der Waals surface area (Å²) >= 11 is 0. The third kappa shape index (κ3) is 7.50. The van der Waals surface area contributed by atoms with E-state index in [-0.39, 0.29) is 49.8 Å². The third-order valence-corrected chi connectivity index (χ3v) is 11.1. The molecular formula is C41H44N8O9. The van der Waals surface area contributed by atoms with E-state index in [0.29, 0.717) is 18.0 Å². The predicted molar refractivity (Wildman–Crippen MR) is 205 cm³/mol. The van der Waals surface area contributed by atoms with Crippen LogP contribution >= 0.6 is 0 Å². The maximum atomic E-state index is 13.1. The lowest BCUT2D eigenvalue weighted by molar-refractivity contribution is -0.136. The molecule has 8 rings (SSSR count). The van der Waals surface area contributed by atoms with Gasteiger partial charge < -0.3 is 29.0 Å². The SMILES string of the molecule is COc1cc(C2=CN(C)C(O)c3cnccc32)cc(OC)c1CN1CCC(n2cc(COCCOc3ccc4c(c3)C(=O)N(C3CCC(=O)NC3=O)C4=O)nn2)CC1. The Morgan fingerprint density at radius 1 is 0.914 bits per heavy atom. The van der Waals surface area contributed by atoms with Crippen LogP contribution < -0.4 is 19.5 Å². The normalized spacial score (nSPS) is 19.8. The van der Waals surface area contributed by atoms with E-state index in [1.165, 1.54) is 12.1 Å². The second-order valence-electron chi connectivity index (χ2n) is 14.7. The highest BCUT2D eigenvalue weighted by molar-refractivity contribution is 6.23. The highest BCUT2D eigenvalue weighted by Gasteiger charge is 2.44. The van der Waals surface area contributed by atoms with E-state index in [9.17, 15) is 24.3 Å². The summed E-state index contributed by atoms with van der Waals surface area (Å²) in [5, 5.41) is 21.6. The van der Waals surface area contributed by atoms with Crippen LogP contribution in [0.5, 0.6) is 17.2 Å². The first kappa shape index (κ1) is 38.7. The molecule has 2 N–H and O–H groups in total. The van der Waals surface area contributed by atoms with Gasteiger partial charge >= 0.3 is 0 Å². The Morgan fingerprint density at radius 3 is 2.41 bits per heavy atom. The van der Waals surface area contributed by atoms with Crippen molar-refractivity contribution >= 4 is 29.2 Å². The van der Waals surface area contributed by atoms with Crippen molar-refractivity contribution in [3.05, 3.63) is 100 Å². The van der Waals surface area contributed by atoms with Crippen molar-refractivity contribution in [2.24, 2.45) is 0 Å². The number of fused-ring (bicyclic) bond motifs is 2. The van der Waals surface area contributed by atoms with Crippen molar-refractivity contribution in [3.8, 4) is 17.2 Å². The smallest absolute Gasteiger partial charge is 0.262 e. The van der Waals surface area contributed by atoms with Crippen LogP contribution in [0.1, 0.15) is 86.6 Å². The second kappa shape index (κ2) is 16.4. The molecule has 4 amide bonds. The third-order valence-electron chi connectivity index (χ3n) is 11.1. The number of aromatic nitrogens is 4. The number of carbonyl (C=O) groups excluding carboxylic acids is 4. The number of benzene rings is 2. The number of pyridine rings is 1. The van der Waals surface area contributed by atoms with Gasteiger partial charge in [-0.1, -0.05) is 5.21 Å². The first-order chi connectivity index (χ1) is 28.1. The van der Waals surface area contributed by atoms with Gasteiger partial charge in [-0.2, -0.15) is 0 Å². The van der Waals surface area contributed by atoms with Gasteiger partial charge in [0, 0.05) is 62.8 Å². The average Bonchev–Trinajstić information content (AvgIpc) is 3.81. The lowest BCUT2D eigenvalue weighted by Crippen LogP contribution is -2.54. The van der Waals surface area contributed by atoms with Gasteiger partial charge in [-0.05, 0) is 66.8 Å². The molecule has 2 fully saturated rings. The molecule has 0 saturated carbocycles. The van der Waals surface area contributed by atoms with Crippen LogP contribution in [0.4, 0.5) is 0 Å². The molecule has 2 aromatic heterocycles. The first-order valence-corrected chi connectivity index (χ1v) is 19.1. The van der Waals surface area contributed by atoms with E-state index in [4.69, 9.17) is 18.9 Å². The number of hydrogen-bond acceptors (Lipinski definition) is 14. The molecule has 0 bridgehead atoms. The number of likely N-dealkylation sites (tertiary alicyclic amines) is 1. The number of imide groups is 2. The Balaban J connectivity index is 0.812. The zero-order valence-electron chi connectivity index (χ0n) is 32.4. The molecule has 0 spiro atoms. The highest BCUT2D eigenvalue weighted by atomic mass is 16.5. The molecule has 4 aliphatic heterocycles. The number of aliphatic hydroxyl groups excluding tert-OH is 1. The van der Waals surface area contributed by atoms with Gasteiger partial charge in [0.25, 0.3) is 11.8 Å². The molecule has 2 atom stereocenters. The number of rotatable bonds is 13. The molecule has 0 radical (unpaired) electrons. The highest BCUT2D eigenvalue weighted by Crippen LogP contribution is 2.41. The van der Waals surface area contributed by atoms with Crippen molar-refractivity contribution in [3.63, 3.8) is 0 Å². The fourth-order valence-corrected chi connectivity index (χ4v) is 8.00. The largest absolute Gasteiger partial charge is 0.496 e. The number of aliphatic hydroxyl groups is 1. The Bertz CT molecular complexity index is 2260. The fourth-order valence-electron chi connectivity index (χ4n) is 8.00. The zero-order valence-corrected chi connectivity index (χ0v) is 32.4. The van der Waals surface area contributed by atoms with Crippen molar-refractivity contribution in [2.45, 2.75) is 57.1 Å². The van der Waals surface area contributed by atoms with E-state index in [1.807, 2.05) is 42.3 Å². The van der Waals surface area contributed by atoms with Crippen LogP contribution in [-0.4, -0.2) is 117 Å². The summed E-state index contributed by atoms with van der Waals surface area (Å²) in [7, 11) is 5.16. The number of amides is 4. The minimum atomic E-state index is -1.03. The van der Waals surface area contributed by atoms with Crippen molar-refractivity contribution < 1.29 is 43.2 Å². The summed E-state index contributed by atoms with van der Waals surface area (Å²) in [6.45, 7) is 3.01. The Kier molecular flexibility index (Phi) is 10.9. The Hall–Kier alpha value is -6.17. The van der Waals surface area contributed by atoms with Gasteiger partial charge in [-0.15, -0.1) is 5.10 Å². The van der Waals surface area contributed by atoms with Crippen LogP contribution in [0, 0.1) is 0 Å². The quantitative estimate of drug-likeness (QED) is 0.148. The first-order valence-electron chi connectivity index (χ1n) is 19.1. The maximum absolute atomic E-state index is 13.1. The van der Waals surface area contributed by atoms with Gasteiger partial charge in [-0.25, -0.2) is 4.68 Å². The number of methoxy groups -OCH3 is 2. The number of carbonyl (C=O) groups is 4. The van der Waals surface area contributed by atoms with Gasteiger partial charge in [0.2, 0.25) is 11.8 Å². The number of hydrogen-bond donors (Lipinski definition) is 2. The van der Waals surface area contributed by atoms with E-state index in [0.717, 1.165) is 70.2 Å². The second-order valence-corrected chi connectivity index (χ2v) is 14.7. The van der Waals surface area contributed by atoms with Gasteiger partial charge in [0.1, 0.15) is 35.6 Å². The lowest BCUT2D eigenvalue weighted by atomic mass is 9.91. The van der Waals surface area contributed by atoms with Crippen LogP contribution in [-0.2, 0) is 27.5 Å². The molecule has 2 aromatic carbocycles. The van der Waals surface area contributed by atoms with Gasteiger partial charge in [0.15, 0.2) is 6.23 Å². The van der Waals surface area contributed by atoms with Crippen molar-refractivity contribution in [2.75, 3.05) is 47.6 Å². The number of nitrogens with one attached hydrogen (secondary N) is 1. The fraction of sp³-hybridized carbons (Fsp3) is 0.390. The van der Waals surface area contributed by atoms with E-state index < -0.39 is 35.9 Å². The number of nitrogens with zero attached hydrogens (tertiary/aromatic N) is 7. The topological polar surface area (TPSA) is 191 Å². The summed E-state index contributed by atoms with van der Waals surface area (Å²) in [6.07, 6.45) is 8.39. The van der Waals surface area contributed by atoms with Crippen molar-refractivity contribution in [1.82, 2.24) is 40.0 Å². The van der Waals surface area contributed by atoms with Crippen LogP contribution in [0.2, 0.25) is 0 Å². The standard InChI is InChI=1S/C41H44N8O9/c1-46-21-32(28-8-11-42-19-31(28)39(46)52)24-16-35(55-2)33(36(17-24)56-3)22-47-12-9-26(10-13-47)48-20-25(44-45-48)23-57-14-15-58-27-4-5-29-30(18-27)41(54)49(40(29)53)34-6-7-37(50)43-38(34)51/h4-5,8,11,16-21,26,34,39,52H,6-7,9-10,12-15,22-23H2,1-3H3,(H,43,50,51). The molecule has 2 unspecified atom stereocenters. The van der Waals surface area contributed by atoms with E-state index in [1.54, 1.807) is 37.6 Å². The maximum Gasteiger partial charge on any atom is 0.262 e. The molecule has 2 saturated heterocycles. The number of piperidine rings is 2. The summed E-state index contributed by atoms with van der Waals surface area (Å²) in [5.74, 6) is -0.401. The minimum absolute atomic E-state index is 0.0548. The average molecular weight is 793 g/mol. The summed E-state index contributed by atoms with van der Waals surface area (Å²) in [4.78, 5) is 59.2. The number of ether oxygens (including phenoxy) is 4. The van der Waals surface area contributed by atoms with Crippen LogP contribution in [0.25, 0.3) is 5.57 Å². The molecule has 4 aliphatic rings. The van der Waals surface area contributed by atoms with E-state index in [2.05, 4.69) is 25.5 Å². The molecule has 0 aliphatic carbocycles. The van der Waals surface area contributed by atoms with E-state index >= 15 is 0 Å². The molecule has 58 heavy (non-hydrogen) atoms. The molecule has 302 valence electrons. The Morgan fingerprint density at radius 2 is 1.67 bits per heavy atom.